The van der Waals surface area contributed by atoms with Gasteiger partial charge in [-0.15, -0.1) is 11.6 Å². The first kappa shape index (κ1) is 15.5. The van der Waals surface area contributed by atoms with Gasteiger partial charge in [-0.2, -0.15) is 4.31 Å². The fourth-order valence-electron chi connectivity index (χ4n) is 2.75. The van der Waals surface area contributed by atoms with Crippen LogP contribution in [0.3, 0.4) is 0 Å². The molecule has 21 heavy (non-hydrogen) atoms. The van der Waals surface area contributed by atoms with Crippen molar-refractivity contribution in [1.29, 1.82) is 0 Å². The molecule has 2 aliphatic rings. The van der Waals surface area contributed by atoms with Gasteiger partial charge in [0.1, 0.15) is 0 Å². The van der Waals surface area contributed by atoms with Gasteiger partial charge in [-0.1, -0.05) is 17.7 Å². The Hall–Kier alpha value is -0.370. The summed E-state index contributed by atoms with van der Waals surface area (Å²) in [7, 11) is -3.61. The third-order valence-corrected chi connectivity index (χ3v) is 6.12. The minimum absolute atomic E-state index is 0.100. The molecule has 1 spiro atoms. The molecule has 1 aromatic carbocycles. The standard InChI is InChI=1S/C13H15Cl2NO4S/c14-5-2-6-16-9-13(19-7-8-20-13)12-10(15)3-1-4-11(12)21(16,17)18/h1,3-4H,2,5-9H2. The van der Waals surface area contributed by atoms with Gasteiger partial charge < -0.3 is 9.47 Å². The molecule has 1 aromatic rings. The quantitative estimate of drug-likeness (QED) is 0.783. The van der Waals surface area contributed by atoms with Crippen LogP contribution in [0.15, 0.2) is 23.1 Å². The highest BCUT2D eigenvalue weighted by Crippen LogP contribution is 2.45. The lowest BCUT2D eigenvalue weighted by Gasteiger charge is -2.39. The van der Waals surface area contributed by atoms with E-state index in [9.17, 15) is 8.42 Å². The minimum atomic E-state index is -3.61. The number of fused-ring (bicyclic) bond motifs is 2. The largest absolute Gasteiger partial charge is 0.342 e. The van der Waals surface area contributed by atoms with Gasteiger partial charge in [-0.3, -0.25) is 0 Å². The van der Waals surface area contributed by atoms with E-state index in [0.717, 1.165) is 0 Å². The summed E-state index contributed by atoms with van der Waals surface area (Å²) in [5, 5.41) is 0.343. The van der Waals surface area contributed by atoms with Crippen molar-refractivity contribution in [3.05, 3.63) is 28.8 Å². The number of alkyl halides is 1. The van der Waals surface area contributed by atoms with E-state index in [-0.39, 0.29) is 11.4 Å². The highest BCUT2D eigenvalue weighted by atomic mass is 35.5. The number of halogens is 2. The molecule has 1 fully saturated rings. The molecule has 3 rings (SSSR count). The first-order chi connectivity index (χ1) is 10.0. The summed E-state index contributed by atoms with van der Waals surface area (Å²) in [5.74, 6) is -0.714. The Kier molecular flexibility index (Phi) is 4.20. The van der Waals surface area contributed by atoms with E-state index >= 15 is 0 Å². The van der Waals surface area contributed by atoms with Gasteiger partial charge in [0.05, 0.1) is 35.2 Å². The molecule has 8 heteroatoms. The van der Waals surface area contributed by atoms with E-state index in [1.165, 1.54) is 10.4 Å². The van der Waals surface area contributed by atoms with Crippen LogP contribution >= 0.6 is 23.2 Å². The molecule has 0 N–H and O–H groups in total. The summed E-state index contributed by atoms with van der Waals surface area (Å²) in [6.07, 6.45) is 0.562. The Balaban J connectivity index is 2.15. The molecule has 2 aliphatic heterocycles. The van der Waals surface area contributed by atoms with Crippen molar-refractivity contribution in [3.8, 4) is 0 Å². The van der Waals surface area contributed by atoms with Crippen LogP contribution in [0.4, 0.5) is 0 Å². The average Bonchev–Trinajstić information content (AvgIpc) is 2.91. The maximum Gasteiger partial charge on any atom is 0.243 e. The monoisotopic (exact) mass is 351 g/mol. The van der Waals surface area contributed by atoms with Crippen LogP contribution in [-0.2, 0) is 25.3 Å². The molecule has 5 nitrogen and oxygen atoms in total. The predicted octanol–water partition coefficient (Wildman–Crippen LogP) is 2.17. The molecule has 0 amide bonds. The van der Waals surface area contributed by atoms with Gasteiger partial charge in [-0.05, 0) is 18.6 Å². The van der Waals surface area contributed by atoms with Crippen molar-refractivity contribution in [2.75, 3.05) is 32.2 Å². The fraction of sp³-hybridized carbons (Fsp3) is 0.538. The van der Waals surface area contributed by atoms with Crippen LogP contribution in [0.1, 0.15) is 12.0 Å². The van der Waals surface area contributed by atoms with Gasteiger partial charge in [0, 0.05) is 12.4 Å². The number of hydrogen-bond donors (Lipinski definition) is 0. The van der Waals surface area contributed by atoms with Gasteiger partial charge in [0.15, 0.2) is 0 Å². The fourth-order valence-corrected chi connectivity index (χ4v) is 5.01. The summed E-state index contributed by atoms with van der Waals surface area (Å²) in [6.45, 7) is 1.25. The van der Waals surface area contributed by atoms with Crippen molar-refractivity contribution in [3.63, 3.8) is 0 Å². The van der Waals surface area contributed by atoms with Crippen LogP contribution in [0.25, 0.3) is 0 Å². The summed E-state index contributed by atoms with van der Waals surface area (Å²) >= 11 is 11.9. The molecular formula is C13H15Cl2NO4S. The highest BCUT2D eigenvalue weighted by molar-refractivity contribution is 7.89. The van der Waals surface area contributed by atoms with E-state index in [1.807, 2.05) is 0 Å². The molecule has 0 radical (unpaired) electrons. The molecule has 0 aromatic heterocycles. The van der Waals surface area contributed by atoms with E-state index in [0.29, 0.717) is 42.6 Å². The number of sulfonamides is 1. The maximum absolute atomic E-state index is 12.7. The molecule has 0 aliphatic carbocycles. The molecule has 0 atom stereocenters. The molecule has 1 saturated heterocycles. The molecule has 0 unspecified atom stereocenters. The Labute approximate surface area is 133 Å². The smallest absolute Gasteiger partial charge is 0.243 e. The zero-order valence-corrected chi connectivity index (χ0v) is 13.5. The summed E-state index contributed by atoms with van der Waals surface area (Å²) < 4.78 is 38.3. The van der Waals surface area contributed by atoms with Crippen molar-refractivity contribution in [2.45, 2.75) is 17.1 Å². The Morgan fingerprint density at radius 2 is 2.00 bits per heavy atom. The minimum Gasteiger partial charge on any atom is -0.342 e. The van der Waals surface area contributed by atoms with Crippen molar-refractivity contribution < 1.29 is 17.9 Å². The lowest BCUT2D eigenvalue weighted by molar-refractivity contribution is -0.175. The lowest BCUT2D eigenvalue weighted by atomic mass is 10.0. The van der Waals surface area contributed by atoms with Crippen LogP contribution in [-0.4, -0.2) is 44.9 Å². The Morgan fingerprint density at radius 3 is 2.67 bits per heavy atom. The van der Waals surface area contributed by atoms with Crippen molar-refractivity contribution in [1.82, 2.24) is 4.31 Å². The summed E-state index contributed by atoms with van der Waals surface area (Å²) in [6, 6.07) is 4.81. The van der Waals surface area contributed by atoms with Crippen molar-refractivity contribution >= 4 is 33.2 Å². The SMILES string of the molecule is O=S1(=O)c2cccc(Cl)c2C2(CN1CCCCl)OCCO2. The first-order valence-electron chi connectivity index (χ1n) is 6.64. The van der Waals surface area contributed by atoms with Gasteiger partial charge in [-0.25, -0.2) is 8.42 Å². The maximum atomic E-state index is 12.7. The lowest BCUT2D eigenvalue weighted by Crippen LogP contribution is -2.50. The predicted molar refractivity (Wildman–Crippen MR) is 79.1 cm³/mol. The normalized spacial score (nSPS) is 23.3. The van der Waals surface area contributed by atoms with E-state index in [1.54, 1.807) is 12.1 Å². The van der Waals surface area contributed by atoms with Crippen LogP contribution in [0.5, 0.6) is 0 Å². The Morgan fingerprint density at radius 1 is 1.29 bits per heavy atom. The molecule has 0 bridgehead atoms. The van der Waals surface area contributed by atoms with Gasteiger partial charge >= 0.3 is 0 Å². The highest BCUT2D eigenvalue weighted by Gasteiger charge is 2.51. The second-order valence-corrected chi connectivity index (χ2v) is 7.64. The second kappa shape index (κ2) is 5.68. The van der Waals surface area contributed by atoms with E-state index in [2.05, 4.69) is 0 Å². The van der Waals surface area contributed by atoms with Crippen molar-refractivity contribution in [2.24, 2.45) is 0 Å². The average molecular weight is 352 g/mol. The number of hydrogen-bond acceptors (Lipinski definition) is 4. The van der Waals surface area contributed by atoms with Crippen LogP contribution < -0.4 is 0 Å². The van der Waals surface area contributed by atoms with Gasteiger partial charge in [0.25, 0.3) is 0 Å². The first-order valence-corrected chi connectivity index (χ1v) is 8.99. The number of benzene rings is 1. The van der Waals surface area contributed by atoms with Gasteiger partial charge in [0.2, 0.25) is 15.8 Å². The zero-order chi connectivity index (χ0) is 15.1. The summed E-state index contributed by atoms with van der Waals surface area (Å²) in [5.41, 5.74) is 0.409. The number of rotatable bonds is 3. The van der Waals surface area contributed by atoms with Crippen LogP contribution in [0.2, 0.25) is 5.02 Å². The molecule has 0 saturated carbocycles. The van der Waals surface area contributed by atoms with E-state index in [4.69, 9.17) is 32.7 Å². The number of nitrogens with zero attached hydrogens (tertiary/aromatic N) is 1. The zero-order valence-electron chi connectivity index (χ0n) is 11.2. The van der Waals surface area contributed by atoms with E-state index < -0.39 is 15.8 Å². The molecule has 2 heterocycles. The number of ether oxygens (including phenoxy) is 2. The Bertz CT molecular complexity index is 644. The molecule has 116 valence electrons. The topological polar surface area (TPSA) is 55.8 Å². The van der Waals surface area contributed by atoms with Crippen LogP contribution in [0, 0.1) is 0 Å². The second-order valence-electron chi connectivity index (χ2n) is 4.94. The third kappa shape index (κ3) is 2.48. The molecular weight excluding hydrogens is 337 g/mol. The third-order valence-electron chi connectivity index (χ3n) is 3.65. The summed E-state index contributed by atoms with van der Waals surface area (Å²) in [4.78, 5) is 0.151.